The molecule has 0 aromatic carbocycles. The van der Waals surface area contributed by atoms with Gasteiger partial charge in [0, 0.05) is 21.1 Å². The Morgan fingerprint density at radius 3 is 2.33 bits per heavy atom. The van der Waals surface area contributed by atoms with Gasteiger partial charge in [-0.05, 0) is 0 Å². The Morgan fingerprint density at radius 1 is 1.25 bits per heavy atom. The molecule has 0 saturated carbocycles. The summed E-state index contributed by atoms with van der Waals surface area (Å²) < 4.78 is 2.21. The number of anilines is 1. The minimum atomic E-state index is -0.553. The summed E-state index contributed by atoms with van der Waals surface area (Å²) in [4.78, 5) is 25.8. The molecule has 1 aromatic rings. The monoisotopic (exact) mass is 170 g/mol. The van der Waals surface area contributed by atoms with Crippen molar-refractivity contribution in [3.8, 4) is 0 Å². The summed E-state index contributed by atoms with van der Waals surface area (Å²) >= 11 is 0. The van der Waals surface area contributed by atoms with E-state index in [1.54, 1.807) is 14.1 Å². The predicted octanol–water partition coefficient (Wildman–Crippen LogP) is -1.48. The highest BCUT2D eigenvalue weighted by atomic mass is 16.2. The summed E-state index contributed by atoms with van der Waals surface area (Å²) in [6, 6.07) is 0. The molecule has 0 aliphatic carbocycles. The van der Waals surface area contributed by atoms with E-state index in [2.05, 4.69) is 10.3 Å². The van der Waals surface area contributed by atoms with Gasteiger partial charge in [-0.2, -0.15) is 4.98 Å². The highest BCUT2D eigenvalue weighted by Gasteiger charge is 2.03. The molecule has 0 amide bonds. The van der Waals surface area contributed by atoms with E-state index in [-0.39, 0.29) is 11.6 Å². The van der Waals surface area contributed by atoms with Gasteiger partial charge in [-0.1, -0.05) is 0 Å². The molecule has 6 nitrogen and oxygen atoms in total. The SMILES string of the molecule is CNc1nc(=O)n(C)c(=O)n1C. The van der Waals surface area contributed by atoms with Crippen molar-refractivity contribution in [3.05, 3.63) is 21.0 Å². The van der Waals surface area contributed by atoms with Crippen LogP contribution in [-0.2, 0) is 14.1 Å². The van der Waals surface area contributed by atoms with E-state index < -0.39 is 5.69 Å². The number of rotatable bonds is 1. The third-order valence-electron chi connectivity index (χ3n) is 1.60. The second kappa shape index (κ2) is 2.80. The van der Waals surface area contributed by atoms with Gasteiger partial charge in [0.05, 0.1) is 0 Å². The summed E-state index contributed by atoms with van der Waals surface area (Å²) in [5.74, 6) is 0.267. The molecule has 1 rings (SSSR count). The molecule has 1 aromatic heterocycles. The Hall–Kier alpha value is -1.59. The summed E-state index contributed by atoms with van der Waals surface area (Å²) in [5.41, 5.74) is -0.943. The van der Waals surface area contributed by atoms with Gasteiger partial charge >= 0.3 is 11.4 Å². The molecule has 0 aliphatic heterocycles. The third-order valence-corrected chi connectivity index (χ3v) is 1.60. The largest absolute Gasteiger partial charge is 0.358 e. The zero-order chi connectivity index (χ0) is 9.30. The van der Waals surface area contributed by atoms with E-state index >= 15 is 0 Å². The molecule has 0 fully saturated rings. The molecule has 66 valence electrons. The molecule has 0 aliphatic rings. The Labute approximate surface area is 68.5 Å². The maximum atomic E-state index is 11.2. The minimum Gasteiger partial charge on any atom is -0.358 e. The Bertz CT molecular complexity index is 403. The Kier molecular flexibility index (Phi) is 1.99. The number of hydrogen-bond donors (Lipinski definition) is 1. The third kappa shape index (κ3) is 1.11. The van der Waals surface area contributed by atoms with Crippen LogP contribution in [-0.4, -0.2) is 21.2 Å². The Balaban J connectivity index is 3.61. The van der Waals surface area contributed by atoms with E-state index in [1.807, 2.05) is 0 Å². The first-order valence-electron chi connectivity index (χ1n) is 3.39. The molecule has 6 heteroatoms. The number of hydrogen-bond acceptors (Lipinski definition) is 4. The maximum absolute atomic E-state index is 11.2. The summed E-state index contributed by atoms with van der Waals surface area (Å²) in [6.45, 7) is 0. The van der Waals surface area contributed by atoms with Crippen LogP contribution >= 0.6 is 0 Å². The lowest BCUT2D eigenvalue weighted by molar-refractivity contribution is 0.653. The van der Waals surface area contributed by atoms with Gasteiger partial charge in [0.25, 0.3) is 0 Å². The fourth-order valence-corrected chi connectivity index (χ4v) is 0.862. The molecule has 0 radical (unpaired) electrons. The Morgan fingerprint density at radius 2 is 1.83 bits per heavy atom. The van der Waals surface area contributed by atoms with Gasteiger partial charge < -0.3 is 5.32 Å². The minimum absolute atomic E-state index is 0.267. The van der Waals surface area contributed by atoms with Crippen molar-refractivity contribution in [1.82, 2.24) is 14.1 Å². The summed E-state index contributed by atoms with van der Waals surface area (Å²) in [5, 5.41) is 2.64. The van der Waals surface area contributed by atoms with Crippen LogP contribution in [0.25, 0.3) is 0 Å². The zero-order valence-electron chi connectivity index (χ0n) is 7.16. The average molecular weight is 170 g/mol. The average Bonchev–Trinajstić information content (AvgIpc) is 2.08. The van der Waals surface area contributed by atoms with E-state index in [0.717, 1.165) is 4.57 Å². The van der Waals surface area contributed by atoms with Crippen LogP contribution in [0.2, 0.25) is 0 Å². The van der Waals surface area contributed by atoms with Gasteiger partial charge in [0.2, 0.25) is 5.95 Å². The summed E-state index contributed by atoms with van der Waals surface area (Å²) in [7, 11) is 4.53. The van der Waals surface area contributed by atoms with Crippen molar-refractivity contribution in [2.75, 3.05) is 12.4 Å². The first kappa shape index (κ1) is 8.51. The van der Waals surface area contributed by atoms with Gasteiger partial charge in [-0.25, -0.2) is 14.2 Å². The summed E-state index contributed by atoms with van der Waals surface area (Å²) in [6.07, 6.45) is 0. The highest BCUT2D eigenvalue weighted by molar-refractivity contribution is 5.21. The van der Waals surface area contributed by atoms with Crippen LogP contribution in [0.1, 0.15) is 0 Å². The quantitative estimate of drug-likeness (QED) is 0.558. The fraction of sp³-hybridized carbons (Fsp3) is 0.500. The van der Waals surface area contributed by atoms with Crippen molar-refractivity contribution >= 4 is 5.95 Å². The predicted molar refractivity (Wildman–Crippen MR) is 44.3 cm³/mol. The first-order valence-corrected chi connectivity index (χ1v) is 3.39. The van der Waals surface area contributed by atoms with E-state index in [4.69, 9.17) is 0 Å². The van der Waals surface area contributed by atoms with Gasteiger partial charge in [0.15, 0.2) is 0 Å². The van der Waals surface area contributed by atoms with Crippen LogP contribution in [0.4, 0.5) is 5.95 Å². The van der Waals surface area contributed by atoms with Gasteiger partial charge in [-0.15, -0.1) is 0 Å². The van der Waals surface area contributed by atoms with Crippen LogP contribution in [0, 0.1) is 0 Å². The van der Waals surface area contributed by atoms with E-state index in [0.29, 0.717) is 0 Å². The van der Waals surface area contributed by atoms with Crippen molar-refractivity contribution in [2.45, 2.75) is 0 Å². The molecule has 0 bridgehead atoms. The number of nitrogens with zero attached hydrogens (tertiary/aromatic N) is 3. The highest BCUT2D eigenvalue weighted by Crippen LogP contribution is 1.88. The second-order valence-electron chi connectivity index (χ2n) is 2.37. The molecule has 1 heterocycles. The molecule has 0 spiro atoms. The van der Waals surface area contributed by atoms with Crippen LogP contribution in [0.3, 0.4) is 0 Å². The van der Waals surface area contributed by atoms with Crippen molar-refractivity contribution < 1.29 is 0 Å². The standard InChI is InChI=1S/C6H10N4O2/c1-7-4-8-5(11)10(3)6(12)9(4)2/h1-3H3,(H,7,8,11). The lowest BCUT2D eigenvalue weighted by Gasteiger charge is -2.05. The fourth-order valence-electron chi connectivity index (χ4n) is 0.862. The maximum Gasteiger partial charge on any atom is 0.354 e. The molecule has 0 unspecified atom stereocenters. The molecule has 0 saturated heterocycles. The topological polar surface area (TPSA) is 68.9 Å². The number of aromatic nitrogens is 3. The van der Waals surface area contributed by atoms with Crippen LogP contribution in [0.5, 0.6) is 0 Å². The van der Waals surface area contributed by atoms with Crippen molar-refractivity contribution in [2.24, 2.45) is 14.1 Å². The van der Waals surface area contributed by atoms with E-state index in [1.165, 1.54) is 11.6 Å². The van der Waals surface area contributed by atoms with Gasteiger partial charge in [0.1, 0.15) is 0 Å². The van der Waals surface area contributed by atoms with Crippen LogP contribution < -0.4 is 16.7 Å². The molecule has 0 atom stereocenters. The molecular weight excluding hydrogens is 160 g/mol. The molecule has 12 heavy (non-hydrogen) atoms. The normalized spacial score (nSPS) is 9.92. The van der Waals surface area contributed by atoms with E-state index in [9.17, 15) is 9.59 Å². The van der Waals surface area contributed by atoms with Crippen LogP contribution in [0.15, 0.2) is 9.59 Å². The van der Waals surface area contributed by atoms with Crippen molar-refractivity contribution in [1.29, 1.82) is 0 Å². The smallest absolute Gasteiger partial charge is 0.354 e. The lowest BCUT2D eigenvalue weighted by atomic mass is 10.8. The first-order chi connectivity index (χ1) is 5.57. The molecular formula is C6H10N4O2. The number of nitrogens with one attached hydrogen (secondary N) is 1. The van der Waals surface area contributed by atoms with Crippen molar-refractivity contribution in [3.63, 3.8) is 0 Å². The van der Waals surface area contributed by atoms with Gasteiger partial charge in [-0.3, -0.25) is 4.57 Å². The second-order valence-corrected chi connectivity index (χ2v) is 2.37. The zero-order valence-corrected chi connectivity index (χ0v) is 7.16. The molecule has 1 N–H and O–H groups in total. The lowest BCUT2D eigenvalue weighted by Crippen LogP contribution is -2.39.